The van der Waals surface area contributed by atoms with Gasteiger partial charge in [-0.2, -0.15) is 0 Å². The summed E-state index contributed by atoms with van der Waals surface area (Å²) < 4.78 is 32.5. The van der Waals surface area contributed by atoms with Crippen molar-refractivity contribution in [3.63, 3.8) is 0 Å². The van der Waals surface area contributed by atoms with Crippen LogP contribution in [0.5, 0.6) is 0 Å². The van der Waals surface area contributed by atoms with Crippen molar-refractivity contribution in [2.75, 3.05) is 7.11 Å². The monoisotopic (exact) mass is 373 g/mol. The number of hydrogen-bond acceptors (Lipinski definition) is 3. The molecule has 2 rings (SSSR count). The second kappa shape index (κ2) is 8.44. The topological polar surface area (TPSA) is 52.3 Å². The highest BCUT2D eigenvalue weighted by molar-refractivity contribution is 5.83. The van der Waals surface area contributed by atoms with Gasteiger partial charge in [0.05, 0.1) is 7.11 Å². The molecule has 0 spiro atoms. The number of methoxy groups -OCH3 is 1. The second-order valence-corrected chi connectivity index (χ2v) is 7.13. The first kappa shape index (κ1) is 20.8. The van der Waals surface area contributed by atoms with Crippen molar-refractivity contribution < 1.29 is 18.3 Å². The Labute approximate surface area is 158 Å². The number of hydrogen-bond donors (Lipinski definition) is 1. The van der Waals surface area contributed by atoms with Crippen molar-refractivity contribution in [1.82, 2.24) is 0 Å². The fourth-order valence-electron chi connectivity index (χ4n) is 2.77. The maximum absolute atomic E-state index is 14.4. The molecule has 1 unspecified atom stereocenters. The van der Waals surface area contributed by atoms with Gasteiger partial charge in [-0.15, -0.1) is 0 Å². The average molecular weight is 373 g/mol. The van der Waals surface area contributed by atoms with Crippen LogP contribution in [0.15, 0.2) is 48.5 Å². The molecule has 2 N–H and O–H groups in total. The third kappa shape index (κ3) is 5.01. The smallest absolute Gasteiger partial charge is 0.325 e. The standard InChI is InChI=1S/C22H25F2NO2/c1-14(2)15-5-7-16(8-6-15)18(11-12-22(3,25)21(26)27-4)19-10-9-17(23)13-20(19)24/h5-11,13-14H,12,25H2,1-4H3/b18-11+. The summed E-state index contributed by atoms with van der Waals surface area (Å²) in [4.78, 5) is 11.9. The first-order valence-corrected chi connectivity index (χ1v) is 8.79. The Hall–Kier alpha value is -2.53. The summed E-state index contributed by atoms with van der Waals surface area (Å²) in [6, 6.07) is 11.1. The molecule has 0 aliphatic carbocycles. The first-order chi connectivity index (χ1) is 12.7. The van der Waals surface area contributed by atoms with Gasteiger partial charge in [-0.3, -0.25) is 4.79 Å². The number of benzene rings is 2. The number of carbonyl (C=O) groups excluding carboxylic acids is 1. The number of nitrogens with two attached hydrogens (primary N) is 1. The summed E-state index contributed by atoms with van der Waals surface area (Å²) in [5, 5.41) is 0. The SMILES string of the molecule is COC(=O)C(C)(N)C/C=C(\c1ccc(C(C)C)cc1)c1ccc(F)cc1F. The molecule has 0 aliphatic heterocycles. The van der Waals surface area contributed by atoms with Crippen molar-refractivity contribution in [2.24, 2.45) is 5.73 Å². The number of carbonyl (C=O) groups is 1. The first-order valence-electron chi connectivity index (χ1n) is 8.79. The van der Waals surface area contributed by atoms with Crippen molar-refractivity contribution in [3.05, 3.63) is 76.9 Å². The zero-order valence-electron chi connectivity index (χ0n) is 16.1. The molecule has 1 atom stereocenters. The molecule has 5 heteroatoms. The van der Waals surface area contributed by atoms with E-state index in [1.165, 1.54) is 19.2 Å². The van der Waals surface area contributed by atoms with Gasteiger partial charge in [0.2, 0.25) is 0 Å². The van der Waals surface area contributed by atoms with Crippen LogP contribution < -0.4 is 5.73 Å². The van der Waals surface area contributed by atoms with Gasteiger partial charge in [0.1, 0.15) is 17.2 Å². The minimum absolute atomic E-state index is 0.137. The molecule has 0 bridgehead atoms. The Morgan fingerprint density at radius 2 is 1.81 bits per heavy atom. The van der Waals surface area contributed by atoms with Crippen molar-refractivity contribution in [2.45, 2.75) is 38.6 Å². The lowest BCUT2D eigenvalue weighted by molar-refractivity contribution is -0.146. The van der Waals surface area contributed by atoms with E-state index >= 15 is 0 Å². The van der Waals surface area contributed by atoms with Crippen LogP contribution in [0.25, 0.3) is 5.57 Å². The fraction of sp³-hybridized carbons (Fsp3) is 0.318. The minimum atomic E-state index is -1.26. The highest BCUT2D eigenvalue weighted by Crippen LogP contribution is 2.29. The van der Waals surface area contributed by atoms with E-state index in [9.17, 15) is 13.6 Å². The molecule has 0 radical (unpaired) electrons. The van der Waals surface area contributed by atoms with Gasteiger partial charge >= 0.3 is 5.97 Å². The highest BCUT2D eigenvalue weighted by atomic mass is 19.1. The lowest BCUT2D eigenvalue weighted by Gasteiger charge is -2.20. The minimum Gasteiger partial charge on any atom is -0.468 e. The third-order valence-corrected chi connectivity index (χ3v) is 4.49. The lowest BCUT2D eigenvalue weighted by atomic mass is 9.90. The largest absolute Gasteiger partial charge is 0.468 e. The molecule has 2 aromatic carbocycles. The van der Waals surface area contributed by atoms with Crippen LogP contribution in [0.3, 0.4) is 0 Å². The molecule has 27 heavy (non-hydrogen) atoms. The van der Waals surface area contributed by atoms with Crippen molar-refractivity contribution in [1.29, 1.82) is 0 Å². The molecule has 0 saturated heterocycles. The normalized spacial score (nSPS) is 14.1. The van der Waals surface area contributed by atoms with E-state index in [0.717, 1.165) is 17.2 Å². The van der Waals surface area contributed by atoms with Gasteiger partial charge in [0.15, 0.2) is 0 Å². The highest BCUT2D eigenvalue weighted by Gasteiger charge is 2.28. The van der Waals surface area contributed by atoms with Gasteiger partial charge < -0.3 is 10.5 Å². The maximum Gasteiger partial charge on any atom is 0.325 e. The molecule has 3 nitrogen and oxygen atoms in total. The zero-order chi connectivity index (χ0) is 20.2. The van der Waals surface area contributed by atoms with E-state index in [1.807, 2.05) is 24.3 Å². The summed E-state index contributed by atoms with van der Waals surface area (Å²) >= 11 is 0. The van der Waals surface area contributed by atoms with Crippen LogP contribution in [0.4, 0.5) is 8.78 Å². The quantitative estimate of drug-likeness (QED) is 0.740. The van der Waals surface area contributed by atoms with E-state index in [1.54, 1.807) is 13.0 Å². The summed E-state index contributed by atoms with van der Waals surface area (Å²) in [6.45, 7) is 5.72. The Morgan fingerprint density at radius 1 is 1.19 bits per heavy atom. The summed E-state index contributed by atoms with van der Waals surface area (Å²) in [6.07, 6.45) is 1.83. The van der Waals surface area contributed by atoms with Crippen LogP contribution in [-0.2, 0) is 9.53 Å². The van der Waals surface area contributed by atoms with Gasteiger partial charge in [0.25, 0.3) is 0 Å². The van der Waals surface area contributed by atoms with Crippen LogP contribution in [-0.4, -0.2) is 18.6 Å². The molecular formula is C22H25F2NO2. The maximum atomic E-state index is 14.4. The molecule has 144 valence electrons. The Kier molecular flexibility index (Phi) is 6.50. The van der Waals surface area contributed by atoms with E-state index in [0.29, 0.717) is 11.5 Å². The number of rotatable bonds is 6. The molecule has 0 saturated carbocycles. The van der Waals surface area contributed by atoms with Gasteiger partial charge in [-0.05, 0) is 48.1 Å². The van der Waals surface area contributed by atoms with E-state index < -0.39 is 23.1 Å². The Balaban J connectivity index is 2.51. The Bertz CT molecular complexity index is 840. The molecule has 0 amide bonds. The predicted octanol–water partition coefficient (Wildman–Crippen LogP) is 4.80. The van der Waals surface area contributed by atoms with Gasteiger partial charge in [-0.1, -0.05) is 44.2 Å². The molecule has 0 aromatic heterocycles. The van der Waals surface area contributed by atoms with E-state index in [2.05, 4.69) is 13.8 Å². The van der Waals surface area contributed by atoms with E-state index in [4.69, 9.17) is 10.5 Å². The second-order valence-electron chi connectivity index (χ2n) is 7.13. The van der Waals surface area contributed by atoms with Crippen LogP contribution in [0.2, 0.25) is 0 Å². The lowest BCUT2D eigenvalue weighted by Crippen LogP contribution is -2.45. The molecular weight excluding hydrogens is 348 g/mol. The Morgan fingerprint density at radius 3 is 2.33 bits per heavy atom. The molecule has 0 aliphatic rings. The third-order valence-electron chi connectivity index (χ3n) is 4.49. The van der Waals surface area contributed by atoms with Crippen molar-refractivity contribution >= 4 is 11.5 Å². The summed E-state index contributed by atoms with van der Waals surface area (Å²) in [5.74, 6) is -1.52. The fourth-order valence-corrected chi connectivity index (χ4v) is 2.77. The van der Waals surface area contributed by atoms with Crippen molar-refractivity contribution in [3.8, 4) is 0 Å². The molecule has 0 fully saturated rings. The van der Waals surface area contributed by atoms with Crippen LogP contribution in [0.1, 0.15) is 49.8 Å². The summed E-state index contributed by atoms with van der Waals surface area (Å²) in [5.41, 5.74) is 7.47. The molecule has 0 heterocycles. The van der Waals surface area contributed by atoms with Gasteiger partial charge in [0, 0.05) is 11.6 Å². The number of esters is 1. The number of ether oxygens (including phenoxy) is 1. The average Bonchev–Trinajstić information content (AvgIpc) is 2.62. The van der Waals surface area contributed by atoms with Crippen LogP contribution in [0, 0.1) is 11.6 Å². The summed E-state index contributed by atoms with van der Waals surface area (Å²) in [7, 11) is 1.27. The van der Waals surface area contributed by atoms with Gasteiger partial charge in [-0.25, -0.2) is 8.78 Å². The zero-order valence-corrected chi connectivity index (χ0v) is 16.1. The van der Waals surface area contributed by atoms with Crippen LogP contribution >= 0.6 is 0 Å². The number of halogens is 2. The van der Waals surface area contributed by atoms with E-state index in [-0.39, 0.29) is 12.0 Å². The predicted molar refractivity (Wildman–Crippen MR) is 103 cm³/mol. The molecule has 2 aromatic rings.